The smallest absolute Gasteiger partial charge is 0.216 e. The van der Waals surface area contributed by atoms with Crippen molar-refractivity contribution in [1.82, 2.24) is 14.9 Å². The van der Waals surface area contributed by atoms with Crippen molar-refractivity contribution in [3.05, 3.63) is 65.7 Å². The molecule has 2 rings (SSSR count). The van der Waals surface area contributed by atoms with Crippen LogP contribution in [-0.4, -0.2) is 52.6 Å². The Bertz CT molecular complexity index is 921. The number of benzene rings is 2. The predicted molar refractivity (Wildman–Crippen MR) is 138 cm³/mol. The first-order valence-electron chi connectivity index (χ1n) is 9.97. The van der Waals surface area contributed by atoms with Gasteiger partial charge in [0.1, 0.15) is 12.4 Å². The van der Waals surface area contributed by atoms with Gasteiger partial charge in [-0.25, -0.2) is 13.1 Å². The van der Waals surface area contributed by atoms with Gasteiger partial charge >= 0.3 is 0 Å². The molecule has 0 aromatic heterocycles. The number of hydrogen-bond donors (Lipinski definition) is 2. The van der Waals surface area contributed by atoms with E-state index in [1.54, 1.807) is 7.05 Å². The maximum Gasteiger partial charge on any atom is 0.216 e. The summed E-state index contributed by atoms with van der Waals surface area (Å²) in [5, 5.41) is 3.31. The van der Waals surface area contributed by atoms with Gasteiger partial charge in [0, 0.05) is 26.7 Å². The minimum atomic E-state index is -3.39. The number of aliphatic imine (C=N–C) groups is 1. The fraction of sp³-hybridized carbons (Fsp3) is 0.409. The lowest BCUT2D eigenvalue weighted by Crippen LogP contribution is -2.40. The van der Waals surface area contributed by atoms with Crippen LogP contribution in [0.25, 0.3) is 0 Å². The van der Waals surface area contributed by atoms with E-state index < -0.39 is 10.0 Å². The molecule has 0 radical (unpaired) electrons. The second-order valence-corrected chi connectivity index (χ2v) is 9.04. The molecular weight excluding hydrogens is 527 g/mol. The number of para-hydroxylation sites is 1. The number of ether oxygens (including phenoxy) is 1. The molecule has 0 aliphatic carbocycles. The molecule has 0 saturated heterocycles. The van der Waals surface area contributed by atoms with Crippen LogP contribution in [0.1, 0.15) is 25.0 Å². The van der Waals surface area contributed by atoms with Gasteiger partial charge in [-0.1, -0.05) is 42.5 Å². The number of halogens is 1. The second-order valence-electron chi connectivity index (χ2n) is 7.28. The summed E-state index contributed by atoms with van der Waals surface area (Å²) < 4.78 is 33.0. The molecule has 9 heteroatoms. The van der Waals surface area contributed by atoms with Gasteiger partial charge in [0.05, 0.1) is 12.3 Å². The summed E-state index contributed by atoms with van der Waals surface area (Å²) in [5.41, 5.74) is 1.69. The molecule has 172 valence electrons. The molecule has 31 heavy (non-hydrogen) atoms. The van der Waals surface area contributed by atoms with E-state index in [0.29, 0.717) is 25.7 Å². The number of sulfonamides is 1. The van der Waals surface area contributed by atoms with Crippen molar-refractivity contribution in [1.29, 1.82) is 0 Å². The van der Waals surface area contributed by atoms with Crippen molar-refractivity contribution in [3.8, 4) is 5.75 Å². The summed E-state index contributed by atoms with van der Waals surface area (Å²) in [6.07, 6.45) is 0. The third-order valence-electron chi connectivity index (χ3n) is 4.33. The Morgan fingerprint density at radius 1 is 1.06 bits per heavy atom. The fourth-order valence-corrected chi connectivity index (χ4v) is 4.45. The summed E-state index contributed by atoms with van der Waals surface area (Å²) in [5.74, 6) is 1.49. The number of nitrogens with zero attached hydrogens (tertiary/aromatic N) is 2. The van der Waals surface area contributed by atoms with Crippen molar-refractivity contribution in [2.24, 2.45) is 4.99 Å². The zero-order chi connectivity index (χ0) is 22.0. The van der Waals surface area contributed by atoms with Crippen molar-refractivity contribution >= 4 is 40.0 Å². The third-order valence-corrected chi connectivity index (χ3v) is 5.85. The number of nitrogens with one attached hydrogen (secondary N) is 2. The lowest BCUT2D eigenvalue weighted by molar-refractivity contribution is 0.281. The molecule has 0 heterocycles. The molecule has 7 nitrogen and oxygen atoms in total. The maximum absolute atomic E-state index is 12.3. The quantitative estimate of drug-likeness (QED) is 0.265. The Kier molecular flexibility index (Phi) is 11.9. The molecule has 0 saturated carbocycles. The Hall–Kier alpha value is -1.85. The Labute approximate surface area is 203 Å². The molecule has 0 aliphatic heterocycles. The topological polar surface area (TPSA) is 83.0 Å². The summed E-state index contributed by atoms with van der Waals surface area (Å²) in [4.78, 5) is 6.29. The summed E-state index contributed by atoms with van der Waals surface area (Å²) in [6.45, 7) is 5.28. The van der Waals surface area contributed by atoms with E-state index in [2.05, 4.69) is 15.0 Å². The van der Waals surface area contributed by atoms with E-state index in [1.807, 2.05) is 80.4 Å². The first-order valence-corrected chi connectivity index (χ1v) is 11.6. The monoisotopic (exact) mass is 560 g/mol. The van der Waals surface area contributed by atoms with Crippen LogP contribution >= 0.6 is 24.0 Å². The highest BCUT2D eigenvalue weighted by molar-refractivity contribution is 14.0. The predicted octanol–water partition coefficient (Wildman–Crippen LogP) is 3.22. The summed E-state index contributed by atoms with van der Waals surface area (Å²) in [6, 6.07) is 17.1. The molecule has 2 N–H and O–H groups in total. The standard InChI is InChI=1S/C22H32N4O3S.HI/c1-18(2)25-30(27,28)17-20-11-9-8-10-19(20)16-24-22(23-3)26(4)14-15-29-21-12-6-5-7-13-21;/h5-13,18,25H,14-17H2,1-4H3,(H,23,24);1H. The first-order chi connectivity index (χ1) is 14.3. The summed E-state index contributed by atoms with van der Waals surface area (Å²) in [7, 11) is 0.269. The molecule has 0 unspecified atom stereocenters. The number of guanidine groups is 1. The van der Waals surface area contributed by atoms with Crippen molar-refractivity contribution in [2.45, 2.75) is 32.2 Å². The summed E-state index contributed by atoms with van der Waals surface area (Å²) >= 11 is 0. The molecule has 0 spiro atoms. The van der Waals surface area contributed by atoms with Gasteiger partial charge in [0.15, 0.2) is 5.96 Å². The Morgan fingerprint density at radius 2 is 1.68 bits per heavy atom. The number of likely N-dealkylation sites (N-methyl/N-ethyl adjacent to an activating group) is 1. The first kappa shape index (κ1) is 27.2. The van der Waals surface area contributed by atoms with Gasteiger partial charge in [-0.15, -0.1) is 24.0 Å². The van der Waals surface area contributed by atoms with Crippen LogP contribution in [-0.2, 0) is 22.3 Å². The molecular formula is C22H33IN4O3S. The molecule has 2 aromatic rings. The molecule has 0 fully saturated rings. The fourth-order valence-electron chi connectivity index (χ4n) is 2.96. The largest absolute Gasteiger partial charge is 0.492 e. The van der Waals surface area contributed by atoms with Gasteiger partial charge in [-0.3, -0.25) is 4.99 Å². The highest BCUT2D eigenvalue weighted by Gasteiger charge is 2.15. The molecule has 0 aliphatic rings. The number of hydrogen-bond acceptors (Lipinski definition) is 4. The lowest BCUT2D eigenvalue weighted by atomic mass is 10.1. The SMILES string of the molecule is CN=C(NCc1ccccc1CS(=O)(=O)NC(C)C)N(C)CCOc1ccccc1.I. The highest BCUT2D eigenvalue weighted by Crippen LogP contribution is 2.13. The van der Waals surface area contributed by atoms with E-state index in [4.69, 9.17) is 4.74 Å². The van der Waals surface area contributed by atoms with E-state index in [9.17, 15) is 8.42 Å². The van der Waals surface area contributed by atoms with Crippen LogP contribution in [0.2, 0.25) is 0 Å². The van der Waals surface area contributed by atoms with Crippen LogP contribution in [0.5, 0.6) is 5.75 Å². The minimum absolute atomic E-state index is 0. The van der Waals surface area contributed by atoms with Crippen LogP contribution in [0, 0.1) is 0 Å². The van der Waals surface area contributed by atoms with Crippen molar-refractivity contribution in [2.75, 3.05) is 27.2 Å². The van der Waals surface area contributed by atoms with E-state index in [-0.39, 0.29) is 35.8 Å². The van der Waals surface area contributed by atoms with Crippen molar-refractivity contribution in [3.63, 3.8) is 0 Å². The van der Waals surface area contributed by atoms with Gasteiger partial charge in [-0.05, 0) is 37.1 Å². The lowest BCUT2D eigenvalue weighted by Gasteiger charge is -2.23. The van der Waals surface area contributed by atoms with Gasteiger partial charge in [0.25, 0.3) is 0 Å². The molecule has 0 bridgehead atoms. The maximum atomic E-state index is 12.3. The van der Waals surface area contributed by atoms with Crippen LogP contribution in [0.15, 0.2) is 59.6 Å². The van der Waals surface area contributed by atoms with E-state index >= 15 is 0 Å². The van der Waals surface area contributed by atoms with Gasteiger partial charge in [-0.2, -0.15) is 0 Å². The van der Waals surface area contributed by atoms with Crippen LogP contribution in [0.3, 0.4) is 0 Å². The van der Waals surface area contributed by atoms with Crippen LogP contribution < -0.4 is 14.8 Å². The zero-order valence-corrected chi connectivity index (χ0v) is 21.7. The Balaban J connectivity index is 0.00000480. The van der Waals surface area contributed by atoms with Gasteiger partial charge in [0.2, 0.25) is 10.0 Å². The molecule has 2 aromatic carbocycles. The zero-order valence-electron chi connectivity index (χ0n) is 18.5. The van der Waals surface area contributed by atoms with Gasteiger partial charge < -0.3 is 15.0 Å². The highest BCUT2D eigenvalue weighted by atomic mass is 127. The Morgan fingerprint density at radius 3 is 2.29 bits per heavy atom. The average Bonchev–Trinajstić information content (AvgIpc) is 2.69. The second kappa shape index (κ2) is 13.5. The van der Waals surface area contributed by atoms with Crippen molar-refractivity contribution < 1.29 is 13.2 Å². The van der Waals surface area contributed by atoms with E-state index in [0.717, 1.165) is 16.9 Å². The normalized spacial score (nSPS) is 11.7. The average molecular weight is 561 g/mol. The third kappa shape index (κ3) is 9.88. The minimum Gasteiger partial charge on any atom is -0.492 e. The van der Waals surface area contributed by atoms with Crippen LogP contribution in [0.4, 0.5) is 0 Å². The molecule has 0 amide bonds. The van der Waals surface area contributed by atoms with E-state index in [1.165, 1.54) is 0 Å². The molecule has 0 atom stereocenters. The number of rotatable bonds is 10.